The number of benzene rings is 2. The Kier molecular flexibility index (Phi) is 6.55. The van der Waals surface area contributed by atoms with Crippen molar-refractivity contribution in [1.82, 2.24) is 4.57 Å². The normalized spacial score (nSPS) is 16.6. The van der Waals surface area contributed by atoms with Crippen molar-refractivity contribution in [3.63, 3.8) is 0 Å². The highest BCUT2D eigenvalue weighted by Gasteiger charge is 2.51. The quantitative estimate of drug-likeness (QED) is 0.279. The predicted octanol–water partition coefficient (Wildman–Crippen LogP) is 4.71. The van der Waals surface area contributed by atoms with Gasteiger partial charge in [0.1, 0.15) is 11.4 Å². The third kappa shape index (κ3) is 4.48. The van der Waals surface area contributed by atoms with E-state index >= 15 is 0 Å². The molecule has 1 aromatic heterocycles. The molecule has 7 nitrogen and oxygen atoms in total. The molecule has 35 heavy (non-hydrogen) atoms. The molecule has 1 saturated heterocycles. The summed E-state index contributed by atoms with van der Waals surface area (Å²) in [5, 5.41) is 0.644. The number of carbonyl (C=O) groups excluding carboxylic acids is 2. The van der Waals surface area contributed by atoms with Gasteiger partial charge in [-0.1, -0.05) is 12.1 Å². The van der Waals surface area contributed by atoms with Crippen LogP contribution in [-0.2, 0) is 14.0 Å². The topological polar surface area (TPSA) is 76.0 Å². The van der Waals surface area contributed by atoms with Crippen LogP contribution >= 0.6 is 0 Å². The van der Waals surface area contributed by atoms with E-state index in [1.54, 1.807) is 11.5 Å². The van der Waals surface area contributed by atoms with E-state index < -0.39 is 24.3 Å². The smallest absolute Gasteiger partial charge is 0.491 e. The Hall–Kier alpha value is -3.10. The predicted molar refractivity (Wildman–Crippen MR) is 136 cm³/mol. The number of fused-ring (bicyclic) bond motifs is 1. The zero-order valence-corrected chi connectivity index (χ0v) is 21.4. The summed E-state index contributed by atoms with van der Waals surface area (Å²) >= 11 is 0. The van der Waals surface area contributed by atoms with Gasteiger partial charge in [-0.15, -0.1) is 0 Å². The number of rotatable bonds is 7. The molecule has 1 aliphatic rings. The number of hydrogen-bond acceptors (Lipinski definition) is 6. The standard InChI is InChI=1S/C27H32BNO6/c1-8-32-25(31)24-22(16-30)21-14-9-18(28-34-26(4,5)27(6,7)35-28)15-23(21)29(24)19-10-12-20(13-11-19)33-17(2)3/h9-17H,8H2,1-7H3. The zero-order chi connectivity index (χ0) is 25.5. The van der Waals surface area contributed by atoms with Gasteiger partial charge in [-0.05, 0) is 84.3 Å². The fraction of sp³-hybridized carbons (Fsp3) is 0.407. The molecular formula is C27H32BNO6. The first-order valence-corrected chi connectivity index (χ1v) is 11.9. The molecule has 1 aliphatic heterocycles. The highest BCUT2D eigenvalue weighted by molar-refractivity contribution is 6.62. The Labute approximate surface area is 206 Å². The molecule has 0 aliphatic carbocycles. The minimum Gasteiger partial charge on any atom is -0.491 e. The van der Waals surface area contributed by atoms with Crippen LogP contribution in [0.3, 0.4) is 0 Å². The van der Waals surface area contributed by atoms with Crippen LogP contribution in [0.2, 0.25) is 0 Å². The molecule has 8 heteroatoms. The van der Waals surface area contributed by atoms with Crippen molar-refractivity contribution < 1.29 is 28.4 Å². The Morgan fingerprint density at radius 2 is 1.69 bits per heavy atom. The molecule has 0 saturated carbocycles. The van der Waals surface area contributed by atoms with E-state index in [9.17, 15) is 9.59 Å². The maximum Gasteiger partial charge on any atom is 0.494 e. The number of hydrogen-bond donors (Lipinski definition) is 0. The summed E-state index contributed by atoms with van der Waals surface area (Å²) in [4.78, 5) is 25.2. The SMILES string of the molecule is CCOC(=O)c1c(C=O)c2ccc(B3OC(C)(C)C(C)(C)O3)cc2n1-c1ccc(OC(C)C)cc1. The van der Waals surface area contributed by atoms with Gasteiger partial charge in [-0.3, -0.25) is 4.79 Å². The van der Waals surface area contributed by atoms with Crippen LogP contribution in [-0.4, -0.2) is 47.9 Å². The molecule has 1 fully saturated rings. The van der Waals surface area contributed by atoms with E-state index in [-0.39, 0.29) is 24.0 Å². The lowest BCUT2D eigenvalue weighted by Gasteiger charge is -2.32. The summed E-state index contributed by atoms with van der Waals surface area (Å²) in [6.07, 6.45) is 0.739. The number of aldehydes is 1. The van der Waals surface area contributed by atoms with Gasteiger partial charge in [0, 0.05) is 11.1 Å². The minimum absolute atomic E-state index is 0.0347. The number of carbonyl (C=O) groups is 2. The van der Waals surface area contributed by atoms with Crippen LogP contribution in [0.25, 0.3) is 16.6 Å². The van der Waals surface area contributed by atoms with Crippen molar-refractivity contribution in [2.24, 2.45) is 0 Å². The van der Waals surface area contributed by atoms with E-state index in [1.165, 1.54) is 0 Å². The van der Waals surface area contributed by atoms with Crippen LogP contribution in [0.15, 0.2) is 42.5 Å². The summed E-state index contributed by atoms with van der Waals surface area (Å²) < 4.78 is 25.3. The summed E-state index contributed by atoms with van der Waals surface area (Å²) in [5.41, 5.74) is 1.65. The van der Waals surface area contributed by atoms with E-state index in [2.05, 4.69) is 0 Å². The first kappa shape index (κ1) is 25.0. The summed E-state index contributed by atoms with van der Waals surface area (Å²) in [6, 6.07) is 13.0. The average Bonchev–Trinajstić information content (AvgIpc) is 3.23. The second-order valence-electron chi connectivity index (χ2n) is 9.96. The van der Waals surface area contributed by atoms with Crippen LogP contribution in [0, 0.1) is 0 Å². The van der Waals surface area contributed by atoms with E-state index in [0.29, 0.717) is 28.6 Å². The minimum atomic E-state index is -0.583. The van der Waals surface area contributed by atoms with Crippen molar-refractivity contribution in [3.05, 3.63) is 53.7 Å². The number of aromatic nitrogens is 1. The van der Waals surface area contributed by atoms with Gasteiger partial charge in [0.25, 0.3) is 0 Å². The molecule has 184 valence electrons. The highest BCUT2D eigenvalue weighted by Crippen LogP contribution is 2.37. The highest BCUT2D eigenvalue weighted by atomic mass is 16.7. The van der Waals surface area contributed by atoms with Gasteiger partial charge in [0.05, 0.1) is 35.0 Å². The summed E-state index contributed by atoms with van der Waals surface area (Å²) in [6.45, 7) is 13.8. The first-order valence-electron chi connectivity index (χ1n) is 11.9. The zero-order valence-electron chi connectivity index (χ0n) is 21.4. The monoisotopic (exact) mass is 477 g/mol. The molecule has 0 N–H and O–H groups in total. The van der Waals surface area contributed by atoms with Gasteiger partial charge in [-0.25, -0.2) is 4.79 Å². The number of nitrogens with zero attached hydrogens (tertiary/aromatic N) is 1. The van der Waals surface area contributed by atoms with Gasteiger partial charge in [0.2, 0.25) is 0 Å². The molecule has 0 amide bonds. The molecule has 3 aromatic rings. The van der Waals surface area contributed by atoms with Crippen LogP contribution in [0.5, 0.6) is 5.75 Å². The molecule has 0 unspecified atom stereocenters. The van der Waals surface area contributed by atoms with E-state index in [0.717, 1.165) is 5.46 Å². The third-order valence-electron chi connectivity index (χ3n) is 6.61. The van der Waals surface area contributed by atoms with Crippen LogP contribution in [0.4, 0.5) is 0 Å². The van der Waals surface area contributed by atoms with E-state index in [4.69, 9.17) is 18.8 Å². The molecule has 2 heterocycles. The van der Waals surface area contributed by atoms with Crippen molar-refractivity contribution in [2.45, 2.75) is 65.8 Å². The summed E-state index contributed by atoms with van der Waals surface area (Å²) in [7, 11) is -0.583. The molecule has 0 bridgehead atoms. The molecule has 4 rings (SSSR count). The Morgan fingerprint density at radius 1 is 1.06 bits per heavy atom. The first-order chi connectivity index (χ1) is 16.5. The van der Waals surface area contributed by atoms with Crippen molar-refractivity contribution in [2.75, 3.05) is 6.61 Å². The van der Waals surface area contributed by atoms with Crippen molar-refractivity contribution >= 4 is 35.7 Å². The Bertz CT molecular complexity index is 1240. The fourth-order valence-corrected chi connectivity index (χ4v) is 4.19. The van der Waals surface area contributed by atoms with Crippen molar-refractivity contribution in [1.29, 1.82) is 0 Å². The maximum atomic E-state index is 13.0. The summed E-state index contributed by atoms with van der Waals surface area (Å²) in [5.74, 6) is 0.150. The lowest BCUT2D eigenvalue weighted by molar-refractivity contribution is 0.00578. The molecule has 2 aromatic carbocycles. The van der Waals surface area contributed by atoms with Crippen LogP contribution in [0.1, 0.15) is 69.3 Å². The lowest BCUT2D eigenvalue weighted by atomic mass is 9.78. The molecule has 0 atom stereocenters. The van der Waals surface area contributed by atoms with Crippen molar-refractivity contribution in [3.8, 4) is 11.4 Å². The van der Waals surface area contributed by atoms with Gasteiger partial charge < -0.3 is 23.3 Å². The third-order valence-corrected chi connectivity index (χ3v) is 6.61. The Morgan fingerprint density at radius 3 is 2.23 bits per heavy atom. The largest absolute Gasteiger partial charge is 0.494 e. The molecule has 0 spiro atoms. The number of ether oxygens (including phenoxy) is 2. The van der Waals surface area contributed by atoms with Gasteiger partial charge in [0.15, 0.2) is 6.29 Å². The second-order valence-corrected chi connectivity index (χ2v) is 9.96. The van der Waals surface area contributed by atoms with Crippen LogP contribution < -0.4 is 10.2 Å². The molecule has 0 radical (unpaired) electrons. The van der Waals surface area contributed by atoms with E-state index in [1.807, 2.05) is 84.0 Å². The fourth-order valence-electron chi connectivity index (χ4n) is 4.19. The number of esters is 1. The maximum absolute atomic E-state index is 13.0. The lowest BCUT2D eigenvalue weighted by Crippen LogP contribution is -2.41. The Balaban J connectivity index is 1.91. The average molecular weight is 477 g/mol. The van der Waals surface area contributed by atoms with Gasteiger partial charge >= 0.3 is 13.1 Å². The second kappa shape index (κ2) is 9.17. The van der Waals surface area contributed by atoms with Gasteiger partial charge in [-0.2, -0.15) is 0 Å². The molecular weight excluding hydrogens is 445 g/mol.